The molecule has 17 heavy (non-hydrogen) atoms. The summed E-state index contributed by atoms with van der Waals surface area (Å²) in [4.78, 5) is 0. The molecule has 1 aromatic carbocycles. The van der Waals surface area contributed by atoms with Gasteiger partial charge < -0.3 is 11.1 Å². The van der Waals surface area contributed by atoms with Gasteiger partial charge in [0.25, 0.3) is 0 Å². The van der Waals surface area contributed by atoms with E-state index in [1.165, 1.54) is 27.8 Å². The molecule has 0 saturated carbocycles. The van der Waals surface area contributed by atoms with Crippen molar-refractivity contribution in [3.63, 3.8) is 0 Å². The van der Waals surface area contributed by atoms with Crippen LogP contribution in [0.5, 0.6) is 0 Å². The van der Waals surface area contributed by atoms with Gasteiger partial charge in [-0.05, 0) is 75.0 Å². The van der Waals surface area contributed by atoms with E-state index < -0.39 is 0 Å². The standard InChI is InChI=1S/C15H26N2/c1-9-7-10(2)13(5)14(12(9)4)15(17-6)11(3)8-16/h7,11,15,17H,8,16H2,1-6H3. The molecule has 0 saturated heterocycles. The minimum absolute atomic E-state index is 0.346. The molecule has 0 fully saturated rings. The van der Waals surface area contributed by atoms with E-state index in [0.717, 1.165) is 0 Å². The summed E-state index contributed by atoms with van der Waals surface area (Å²) < 4.78 is 0. The second-order valence-electron chi connectivity index (χ2n) is 5.15. The molecule has 0 radical (unpaired) electrons. The summed E-state index contributed by atoms with van der Waals surface area (Å²) in [5, 5.41) is 3.43. The maximum atomic E-state index is 5.82. The van der Waals surface area contributed by atoms with Gasteiger partial charge in [-0.1, -0.05) is 13.0 Å². The molecule has 0 bridgehead atoms. The molecule has 96 valence electrons. The van der Waals surface area contributed by atoms with E-state index in [2.05, 4.69) is 46.0 Å². The van der Waals surface area contributed by atoms with Crippen LogP contribution in [0.2, 0.25) is 0 Å². The SMILES string of the molecule is CNC(c1c(C)c(C)cc(C)c1C)C(C)CN. The van der Waals surface area contributed by atoms with Crippen molar-refractivity contribution >= 4 is 0 Å². The first kappa shape index (κ1) is 14.2. The van der Waals surface area contributed by atoms with Crippen molar-refractivity contribution in [2.45, 2.75) is 40.7 Å². The van der Waals surface area contributed by atoms with E-state index in [4.69, 9.17) is 5.73 Å². The maximum absolute atomic E-state index is 5.82. The Morgan fingerprint density at radius 1 is 1.12 bits per heavy atom. The van der Waals surface area contributed by atoms with Crippen molar-refractivity contribution in [3.05, 3.63) is 33.9 Å². The maximum Gasteiger partial charge on any atom is 0.0361 e. The van der Waals surface area contributed by atoms with Crippen LogP contribution in [0.1, 0.15) is 40.8 Å². The van der Waals surface area contributed by atoms with Crippen molar-refractivity contribution in [3.8, 4) is 0 Å². The quantitative estimate of drug-likeness (QED) is 0.840. The molecule has 1 aromatic rings. The molecule has 2 heteroatoms. The van der Waals surface area contributed by atoms with Gasteiger partial charge in [0.15, 0.2) is 0 Å². The van der Waals surface area contributed by atoms with E-state index >= 15 is 0 Å². The summed E-state index contributed by atoms with van der Waals surface area (Å²) in [6.07, 6.45) is 0. The summed E-state index contributed by atoms with van der Waals surface area (Å²) in [6, 6.07) is 2.62. The third-order valence-corrected chi connectivity index (χ3v) is 3.99. The lowest BCUT2D eigenvalue weighted by Gasteiger charge is -2.28. The van der Waals surface area contributed by atoms with Crippen molar-refractivity contribution in [2.24, 2.45) is 11.7 Å². The fraction of sp³-hybridized carbons (Fsp3) is 0.600. The molecule has 0 aliphatic carbocycles. The Bertz CT molecular complexity index is 370. The van der Waals surface area contributed by atoms with Crippen LogP contribution in [0.25, 0.3) is 0 Å². The number of hydrogen-bond acceptors (Lipinski definition) is 2. The third-order valence-electron chi connectivity index (χ3n) is 3.99. The Morgan fingerprint density at radius 2 is 1.59 bits per heavy atom. The number of nitrogens with one attached hydrogen (secondary N) is 1. The lowest BCUT2D eigenvalue weighted by Crippen LogP contribution is -2.30. The molecule has 0 heterocycles. The summed E-state index contributed by atoms with van der Waals surface area (Å²) >= 11 is 0. The summed E-state index contributed by atoms with van der Waals surface area (Å²) in [5.74, 6) is 0.443. The van der Waals surface area contributed by atoms with Gasteiger partial charge in [0.1, 0.15) is 0 Å². The van der Waals surface area contributed by atoms with Crippen LogP contribution in [0.3, 0.4) is 0 Å². The summed E-state index contributed by atoms with van der Waals surface area (Å²) in [7, 11) is 2.02. The Morgan fingerprint density at radius 3 is 1.94 bits per heavy atom. The lowest BCUT2D eigenvalue weighted by molar-refractivity contribution is 0.416. The van der Waals surface area contributed by atoms with Crippen LogP contribution in [0.4, 0.5) is 0 Å². The zero-order valence-electron chi connectivity index (χ0n) is 12.0. The molecular weight excluding hydrogens is 208 g/mol. The number of nitrogens with two attached hydrogens (primary N) is 1. The van der Waals surface area contributed by atoms with Crippen molar-refractivity contribution < 1.29 is 0 Å². The molecular formula is C15H26N2. The fourth-order valence-corrected chi connectivity index (χ4v) is 2.56. The van der Waals surface area contributed by atoms with Crippen LogP contribution in [-0.2, 0) is 0 Å². The first-order chi connectivity index (χ1) is 7.93. The molecule has 1 rings (SSSR count). The minimum atomic E-state index is 0.346. The highest BCUT2D eigenvalue weighted by Gasteiger charge is 2.21. The van der Waals surface area contributed by atoms with Gasteiger partial charge >= 0.3 is 0 Å². The second kappa shape index (κ2) is 5.65. The Labute approximate surface area is 106 Å². The fourth-order valence-electron chi connectivity index (χ4n) is 2.56. The molecule has 0 aliphatic rings. The smallest absolute Gasteiger partial charge is 0.0361 e. The zero-order valence-corrected chi connectivity index (χ0v) is 12.0. The lowest BCUT2D eigenvalue weighted by atomic mass is 9.85. The minimum Gasteiger partial charge on any atom is -0.330 e. The zero-order chi connectivity index (χ0) is 13.2. The molecule has 0 aromatic heterocycles. The van der Waals surface area contributed by atoms with Gasteiger partial charge in [0.05, 0.1) is 0 Å². The average molecular weight is 234 g/mol. The first-order valence-corrected chi connectivity index (χ1v) is 6.38. The van der Waals surface area contributed by atoms with Crippen molar-refractivity contribution in [1.82, 2.24) is 5.32 Å². The normalized spacial score (nSPS) is 14.8. The molecule has 0 amide bonds. The first-order valence-electron chi connectivity index (χ1n) is 6.38. The van der Waals surface area contributed by atoms with Gasteiger partial charge in [-0.15, -0.1) is 0 Å². The van der Waals surface area contributed by atoms with Crippen LogP contribution < -0.4 is 11.1 Å². The summed E-state index contributed by atoms with van der Waals surface area (Å²) in [6.45, 7) is 11.7. The van der Waals surface area contributed by atoms with Gasteiger partial charge in [0, 0.05) is 6.04 Å². The van der Waals surface area contributed by atoms with E-state index in [1.54, 1.807) is 0 Å². The van der Waals surface area contributed by atoms with Gasteiger partial charge in [0.2, 0.25) is 0 Å². The van der Waals surface area contributed by atoms with Gasteiger partial charge in [-0.2, -0.15) is 0 Å². The van der Waals surface area contributed by atoms with E-state index in [0.29, 0.717) is 18.5 Å². The molecule has 2 atom stereocenters. The average Bonchev–Trinajstić information content (AvgIpc) is 2.31. The van der Waals surface area contributed by atoms with Crippen molar-refractivity contribution in [1.29, 1.82) is 0 Å². The summed E-state index contributed by atoms with van der Waals surface area (Å²) in [5.41, 5.74) is 12.8. The number of benzene rings is 1. The van der Waals surface area contributed by atoms with Crippen LogP contribution in [0, 0.1) is 33.6 Å². The monoisotopic (exact) mass is 234 g/mol. The number of rotatable bonds is 4. The number of hydrogen-bond donors (Lipinski definition) is 2. The molecule has 0 spiro atoms. The second-order valence-corrected chi connectivity index (χ2v) is 5.15. The van der Waals surface area contributed by atoms with Crippen LogP contribution in [0.15, 0.2) is 6.07 Å². The highest BCUT2D eigenvalue weighted by Crippen LogP contribution is 2.31. The largest absolute Gasteiger partial charge is 0.330 e. The highest BCUT2D eigenvalue weighted by molar-refractivity contribution is 5.46. The van der Waals surface area contributed by atoms with Crippen molar-refractivity contribution in [2.75, 3.05) is 13.6 Å². The predicted molar refractivity (Wildman–Crippen MR) is 75.4 cm³/mol. The third kappa shape index (κ3) is 2.70. The molecule has 2 nitrogen and oxygen atoms in total. The van der Waals surface area contributed by atoms with Crippen LogP contribution in [-0.4, -0.2) is 13.6 Å². The van der Waals surface area contributed by atoms with E-state index in [-0.39, 0.29) is 0 Å². The van der Waals surface area contributed by atoms with Gasteiger partial charge in [-0.25, -0.2) is 0 Å². The number of aryl methyl sites for hydroxylation is 2. The van der Waals surface area contributed by atoms with Gasteiger partial charge in [-0.3, -0.25) is 0 Å². The Kier molecular flexibility index (Phi) is 4.72. The molecule has 2 unspecified atom stereocenters. The molecule has 0 aliphatic heterocycles. The predicted octanol–water partition coefficient (Wildman–Crippen LogP) is 2.78. The molecule has 3 N–H and O–H groups in total. The Balaban J connectivity index is 3.37. The van der Waals surface area contributed by atoms with E-state index in [1.807, 2.05) is 7.05 Å². The highest BCUT2D eigenvalue weighted by atomic mass is 14.9. The van der Waals surface area contributed by atoms with Crippen LogP contribution >= 0.6 is 0 Å². The van der Waals surface area contributed by atoms with E-state index in [9.17, 15) is 0 Å². The Hall–Kier alpha value is -0.860. The topological polar surface area (TPSA) is 38.0 Å².